The molecule has 2 rings (SSSR count). The van der Waals surface area contributed by atoms with Crippen LogP contribution in [0.2, 0.25) is 0 Å². The molecular weight excluding hydrogens is 228 g/mol. The topological polar surface area (TPSA) is 46.5 Å². The third kappa shape index (κ3) is 2.41. The van der Waals surface area contributed by atoms with Gasteiger partial charge >= 0.3 is 5.97 Å². The standard InChI is InChI=1S/C15H20O3/c1-9-7-10(2)13(11(3)8-9)14(15(16)17)12-5-4-6-18-12/h7-8,12,14H,4-6H2,1-3H3,(H,16,17). The van der Waals surface area contributed by atoms with E-state index >= 15 is 0 Å². The van der Waals surface area contributed by atoms with Gasteiger partial charge in [-0.25, -0.2) is 0 Å². The molecule has 1 aromatic carbocycles. The molecule has 0 spiro atoms. The summed E-state index contributed by atoms with van der Waals surface area (Å²) in [6.45, 7) is 6.68. The molecule has 0 aromatic heterocycles. The number of carboxylic acids is 1. The lowest BCUT2D eigenvalue weighted by Crippen LogP contribution is -2.27. The molecule has 1 saturated heterocycles. The first-order chi connectivity index (χ1) is 8.50. The summed E-state index contributed by atoms with van der Waals surface area (Å²) in [5, 5.41) is 9.53. The maximum Gasteiger partial charge on any atom is 0.313 e. The van der Waals surface area contributed by atoms with Gasteiger partial charge in [-0.1, -0.05) is 17.7 Å². The van der Waals surface area contributed by atoms with Crippen molar-refractivity contribution in [2.24, 2.45) is 0 Å². The van der Waals surface area contributed by atoms with Gasteiger partial charge in [-0.15, -0.1) is 0 Å². The fourth-order valence-corrected chi connectivity index (χ4v) is 3.02. The van der Waals surface area contributed by atoms with E-state index in [1.54, 1.807) is 0 Å². The summed E-state index contributed by atoms with van der Waals surface area (Å²) < 4.78 is 5.59. The molecule has 0 saturated carbocycles. The van der Waals surface area contributed by atoms with Crippen molar-refractivity contribution in [3.63, 3.8) is 0 Å². The van der Waals surface area contributed by atoms with Gasteiger partial charge in [-0.05, 0) is 50.3 Å². The van der Waals surface area contributed by atoms with Crippen LogP contribution in [0.5, 0.6) is 0 Å². The van der Waals surface area contributed by atoms with E-state index in [4.69, 9.17) is 4.74 Å². The first-order valence-corrected chi connectivity index (χ1v) is 6.43. The number of carbonyl (C=O) groups is 1. The second-order valence-corrected chi connectivity index (χ2v) is 5.18. The Labute approximate surface area is 108 Å². The largest absolute Gasteiger partial charge is 0.481 e. The molecule has 1 fully saturated rings. The summed E-state index contributed by atoms with van der Waals surface area (Å²) in [6, 6.07) is 4.10. The Balaban J connectivity index is 2.45. The molecule has 0 bridgehead atoms. The smallest absolute Gasteiger partial charge is 0.313 e. The Bertz CT molecular complexity index is 436. The summed E-state index contributed by atoms with van der Waals surface area (Å²) >= 11 is 0. The van der Waals surface area contributed by atoms with Gasteiger partial charge in [0.1, 0.15) is 5.92 Å². The van der Waals surface area contributed by atoms with Gasteiger partial charge < -0.3 is 9.84 Å². The van der Waals surface area contributed by atoms with Crippen LogP contribution in [-0.2, 0) is 9.53 Å². The van der Waals surface area contributed by atoms with Gasteiger partial charge in [0.05, 0.1) is 6.10 Å². The minimum absolute atomic E-state index is 0.178. The van der Waals surface area contributed by atoms with Crippen molar-refractivity contribution in [2.75, 3.05) is 6.61 Å². The van der Waals surface area contributed by atoms with Crippen LogP contribution in [0.3, 0.4) is 0 Å². The van der Waals surface area contributed by atoms with Crippen molar-refractivity contribution in [1.82, 2.24) is 0 Å². The maximum absolute atomic E-state index is 11.6. The molecule has 2 atom stereocenters. The molecule has 98 valence electrons. The molecular formula is C15H20O3. The fourth-order valence-electron chi connectivity index (χ4n) is 3.02. The lowest BCUT2D eigenvalue weighted by Gasteiger charge is -2.23. The minimum atomic E-state index is -0.781. The van der Waals surface area contributed by atoms with E-state index in [9.17, 15) is 9.90 Å². The maximum atomic E-state index is 11.6. The highest BCUT2D eigenvalue weighted by atomic mass is 16.5. The lowest BCUT2D eigenvalue weighted by atomic mass is 9.85. The normalized spacial score (nSPS) is 20.9. The van der Waals surface area contributed by atoms with Crippen LogP contribution in [0, 0.1) is 20.8 Å². The summed E-state index contributed by atoms with van der Waals surface area (Å²) in [5.74, 6) is -1.31. The molecule has 0 aliphatic carbocycles. The number of hydrogen-bond acceptors (Lipinski definition) is 2. The van der Waals surface area contributed by atoms with Crippen molar-refractivity contribution < 1.29 is 14.6 Å². The number of ether oxygens (including phenoxy) is 1. The van der Waals surface area contributed by atoms with E-state index in [0.29, 0.717) is 6.61 Å². The second kappa shape index (κ2) is 5.11. The molecule has 1 aliphatic rings. The van der Waals surface area contributed by atoms with Crippen LogP contribution < -0.4 is 0 Å². The van der Waals surface area contributed by atoms with Gasteiger partial charge in [0.25, 0.3) is 0 Å². The first-order valence-electron chi connectivity index (χ1n) is 6.43. The molecule has 1 N–H and O–H groups in total. The fraction of sp³-hybridized carbons (Fsp3) is 0.533. The Kier molecular flexibility index (Phi) is 3.71. The van der Waals surface area contributed by atoms with Gasteiger partial charge in [0.15, 0.2) is 0 Å². The van der Waals surface area contributed by atoms with Gasteiger partial charge in [0.2, 0.25) is 0 Å². The highest BCUT2D eigenvalue weighted by molar-refractivity contribution is 5.78. The molecule has 1 aromatic rings. The first kappa shape index (κ1) is 13.1. The SMILES string of the molecule is Cc1cc(C)c(C(C(=O)O)C2CCCO2)c(C)c1. The van der Waals surface area contributed by atoms with E-state index in [2.05, 4.69) is 0 Å². The third-order valence-corrected chi connectivity index (χ3v) is 3.65. The second-order valence-electron chi connectivity index (χ2n) is 5.18. The van der Waals surface area contributed by atoms with Gasteiger partial charge in [-0.2, -0.15) is 0 Å². The summed E-state index contributed by atoms with van der Waals surface area (Å²) in [6.07, 6.45) is 1.62. The summed E-state index contributed by atoms with van der Waals surface area (Å²) in [4.78, 5) is 11.6. The van der Waals surface area contributed by atoms with Crippen LogP contribution in [0.25, 0.3) is 0 Å². The number of carboxylic acid groups (broad SMARTS) is 1. The number of aryl methyl sites for hydroxylation is 3. The predicted octanol–water partition coefficient (Wildman–Crippen LogP) is 2.96. The molecule has 3 heteroatoms. The Morgan fingerprint density at radius 1 is 1.33 bits per heavy atom. The van der Waals surface area contributed by atoms with Crippen molar-refractivity contribution in [3.05, 3.63) is 34.4 Å². The molecule has 0 amide bonds. The highest BCUT2D eigenvalue weighted by Gasteiger charge is 2.34. The number of hydrogen-bond donors (Lipinski definition) is 1. The zero-order chi connectivity index (χ0) is 13.3. The van der Waals surface area contributed by atoms with E-state index in [-0.39, 0.29) is 6.10 Å². The van der Waals surface area contributed by atoms with Crippen LogP contribution in [0.1, 0.15) is 41.0 Å². The third-order valence-electron chi connectivity index (χ3n) is 3.65. The molecule has 1 aliphatic heterocycles. The van der Waals surface area contributed by atoms with E-state index in [1.807, 2.05) is 32.9 Å². The predicted molar refractivity (Wildman–Crippen MR) is 70.0 cm³/mol. The quantitative estimate of drug-likeness (QED) is 0.894. The van der Waals surface area contributed by atoms with E-state index in [0.717, 1.165) is 29.5 Å². The van der Waals surface area contributed by atoms with Crippen LogP contribution in [0.4, 0.5) is 0 Å². The molecule has 0 radical (unpaired) electrons. The molecule has 3 nitrogen and oxygen atoms in total. The summed E-state index contributed by atoms with van der Waals surface area (Å²) in [5.41, 5.74) is 4.20. The lowest BCUT2D eigenvalue weighted by molar-refractivity contribution is -0.142. The van der Waals surface area contributed by atoms with Crippen molar-refractivity contribution in [2.45, 2.75) is 45.6 Å². The van der Waals surface area contributed by atoms with Crippen molar-refractivity contribution in [1.29, 1.82) is 0 Å². The van der Waals surface area contributed by atoms with Gasteiger partial charge in [0, 0.05) is 6.61 Å². The van der Waals surface area contributed by atoms with Crippen molar-refractivity contribution >= 4 is 5.97 Å². The number of aliphatic carboxylic acids is 1. The average Bonchev–Trinajstić information content (AvgIpc) is 2.75. The molecule has 18 heavy (non-hydrogen) atoms. The minimum Gasteiger partial charge on any atom is -0.481 e. The Morgan fingerprint density at radius 2 is 1.94 bits per heavy atom. The van der Waals surface area contributed by atoms with E-state index < -0.39 is 11.9 Å². The monoisotopic (exact) mass is 248 g/mol. The van der Waals surface area contributed by atoms with Crippen LogP contribution >= 0.6 is 0 Å². The number of benzene rings is 1. The van der Waals surface area contributed by atoms with Gasteiger partial charge in [-0.3, -0.25) is 4.79 Å². The zero-order valence-corrected chi connectivity index (χ0v) is 11.2. The highest BCUT2D eigenvalue weighted by Crippen LogP contribution is 2.33. The molecule has 1 heterocycles. The van der Waals surface area contributed by atoms with Crippen LogP contribution in [0.15, 0.2) is 12.1 Å². The Morgan fingerprint density at radius 3 is 2.39 bits per heavy atom. The van der Waals surface area contributed by atoms with Crippen LogP contribution in [-0.4, -0.2) is 23.8 Å². The van der Waals surface area contributed by atoms with E-state index in [1.165, 1.54) is 5.56 Å². The van der Waals surface area contributed by atoms with Crippen molar-refractivity contribution in [3.8, 4) is 0 Å². The average molecular weight is 248 g/mol. The summed E-state index contributed by atoms with van der Waals surface area (Å²) in [7, 11) is 0. The Hall–Kier alpha value is -1.35. The molecule has 2 unspecified atom stereocenters. The number of rotatable bonds is 3. The zero-order valence-electron chi connectivity index (χ0n) is 11.2.